The van der Waals surface area contributed by atoms with Crippen LogP contribution in [0.3, 0.4) is 0 Å². The number of hydrogen-bond donors (Lipinski definition) is 0. The molecule has 0 aliphatic carbocycles. The Labute approximate surface area is 120 Å². The molecule has 0 aliphatic rings. The zero-order valence-electron chi connectivity index (χ0n) is 9.82. The molecule has 0 saturated carbocycles. The van der Waals surface area contributed by atoms with Gasteiger partial charge in [0.25, 0.3) is 0 Å². The molecule has 2 rings (SSSR count). The van der Waals surface area contributed by atoms with Gasteiger partial charge in [0.2, 0.25) is 0 Å². The normalized spacial score (nSPS) is 10.2. The van der Waals surface area contributed by atoms with Gasteiger partial charge in [0.15, 0.2) is 0 Å². The Kier molecular flexibility index (Phi) is 4.50. The van der Waals surface area contributed by atoms with E-state index in [0.29, 0.717) is 10.4 Å². The van der Waals surface area contributed by atoms with Crippen molar-refractivity contribution < 1.29 is 9.47 Å². The van der Waals surface area contributed by atoms with Crippen molar-refractivity contribution in [2.75, 3.05) is 7.11 Å². The highest BCUT2D eigenvalue weighted by atomic mass is 79.9. The smallest absolute Gasteiger partial charge is 0.131 e. The van der Waals surface area contributed by atoms with Crippen LogP contribution in [0.2, 0.25) is 5.02 Å². The van der Waals surface area contributed by atoms with E-state index in [-0.39, 0.29) is 0 Å². The van der Waals surface area contributed by atoms with Crippen molar-refractivity contribution in [1.29, 1.82) is 0 Å². The first kappa shape index (κ1) is 13.2. The third-order valence-electron chi connectivity index (χ3n) is 2.44. The molecule has 0 N–H and O–H groups in total. The Morgan fingerprint density at radius 3 is 2.61 bits per heavy atom. The van der Waals surface area contributed by atoms with E-state index in [2.05, 4.69) is 15.9 Å². The van der Waals surface area contributed by atoms with E-state index < -0.39 is 0 Å². The number of benzene rings is 2. The standard InChI is InChI=1S/C14H12BrClO2/c1-17-12-3-2-4-13(8-12)18-14-6-5-11(16)7-10(14)9-15/h2-8H,9H2,1H3. The van der Waals surface area contributed by atoms with E-state index in [4.69, 9.17) is 21.1 Å². The van der Waals surface area contributed by atoms with Crippen molar-refractivity contribution in [2.24, 2.45) is 0 Å². The number of rotatable bonds is 4. The van der Waals surface area contributed by atoms with Gasteiger partial charge in [-0.3, -0.25) is 0 Å². The van der Waals surface area contributed by atoms with E-state index in [0.717, 1.165) is 22.8 Å². The average molecular weight is 328 g/mol. The molecule has 0 unspecified atom stereocenters. The minimum Gasteiger partial charge on any atom is -0.497 e. The molecule has 2 aromatic carbocycles. The van der Waals surface area contributed by atoms with Gasteiger partial charge in [-0.1, -0.05) is 33.6 Å². The average Bonchev–Trinajstić information content (AvgIpc) is 2.41. The molecule has 0 amide bonds. The molecule has 0 aromatic heterocycles. The van der Waals surface area contributed by atoms with Crippen molar-refractivity contribution in [1.82, 2.24) is 0 Å². The van der Waals surface area contributed by atoms with Gasteiger partial charge in [0.1, 0.15) is 17.2 Å². The second-order valence-electron chi connectivity index (χ2n) is 3.67. The van der Waals surface area contributed by atoms with E-state index in [1.54, 1.807) is 7.11 Å². The van der Waals surface area contributed by atoms with Crippen molar-refractivity contribution in [3.05, 3.63) is 53.1 Å². The minimum absolute atomic E-state index is 0.687. The zero-order valence-corrected chi connectivity index (χ0v) is 12.2. The third kappa shape index (κ3) is 3.18. The summed E-state index contributed by atoms with van der Waals surface area (Å²) in [5.74, 6) is 2.28. The summed E-state index contributed by atoms with van der Waals surface area (Å²) in [6, 6.07) is 13.0. The Balaban J connectivity index is 2.27. The molecule has 94 valence electrons. The highest BCUT2D eigenvalue weighted by molar-refractivity contribution is 9.08. The summed E-state index contributed by atoms with van der Waals surface area (Å²) in [5, 5.41) is 1.38. The van der Waals surface area contributed by atoms with E-state index >= 15 is 0 Å². The maximum Gasteiger partial charge on any atom is 0.131 e. The number of ether oxygens (including phenoxy) is 2. The van der Waals surface area contributed by atoms with Gasteiger partial charge >= 0.3 is 0 Å². The van der Waals surface area contributed by atoms with Crippen LogP contribution >= 0.6 is 27.5 Å². The summed E-state index contributed by atoms with van der Waals surface area (Å²) >= 11 is 9.37. The lowest BCUT2D eigenvalue weighted by atomic mass is 10.2. The molecule has 0 heterocycles. The summed E-state index contributed by atoms with van der Waals surface area (Å²) < 4.78 is 11.0. The molecule has 0 fully saturated rings. The maximum absolute atomic E-state index is 5.95. The molecule has 18 heavy (non-hydrogen) atoms. The molecule has 0 aliphatic heterocycles. The van der Waals surface area contributed by atoms with Crippen LogP contribution in [0, 0.1) is 0 Å². The number of halogens is 2. The van der Waals surface area contributed by atoms with Gasteiger partial charge in [0.05, 0.1) is 7.11 Å². The predicted molar refractivity (Wildman–Crippen MR) is 77.2 cm³/mol. The van der Waals surface area contributed by atoms with Crippen LogP contribution in [0.25, 0.3) is 0 Å². The summed E-state index contributed by atoms with van der Waals surface area (Å²) in [5.41, 5.74) is 1.00. The lowest BCUT2D eigenvalue weighted by Crippen LogP contribution is -1.90. The summed E-state index contributed by atoms with van der Waals surface area (Å²) in [4.78, 5) is 0. The van der Waals surface area contributed by atoms with Gasteiger partial charge in [-0.05, 0) is 30.3 Å². The maximum atomic E-state index is 5.95. The Morgan fingerprint density at radius 1 is 1.11 bits per heavy atom. The predicted octanol–water partition coefficient (Wildman–Crippen LogP) is 5.04. The summed E-state index contributed by atoms with van der Waals surface area (Å²) in [6.07, 6.45) is 0. The topological polar surface area (TPSA) is 18.5 Å². The van der Waals surface area contributed by atoms with Crippen LogP contribution in [0.1, 0.15) is 5.56 Å². The van der Waals surface area contributed by atoms with Crippen molar-refractivity contribution in [3.63, 3.8) is 0 Å². The first-order valence-corrected chi connectivity index (χ1v) is 6.89. The first-order valence-electron chi connectivity index (χ1n) is 5.39. The fourth-order valence-corrected chi connectivity index (χ4v) is 2.18. The van der Waals surface area contributed by atoms with Gasteiger partial charge in [0, 0.05) is 22.0 Å². The Morgan fingerprint density at radius 2 is 1.89 bits per heavy atom. The monoisotopic (exact) mass is 326 g/mol. The summed E-state index contributed by atoms with van der Waals surface area (Å²) in [7, 11) is 1.63. The van der Waals surface area contributed by atoms with Crippen molar-refractivity contribution >= 4 is 27.5 Å². The molecule has 2 aromatic rings. The SMILES string of the molecule is COc1cccc(Oc2ccc(Cl)cc2CBr)c1. The van der Waals surface area contributed by atoms with Gasteiger partial charge in [-0.2, -0.15) is 0 Å². The van der Waals surface area contributed by atoms with Gasteiger partial charge < -0.3 is 9.47 Å². The molecule has 4 heteroatoms. The largest absolute Gasteiger partial charge is 0.497 e. The van der Waals surface area contributed by atoms with E-state index in [9.17, 15) is 0 Å². The van der Waals surface area contributed by atoms with Gasteiger partial charge in [-0.25, -0.2) is 0 Å². The number of alkyl halides is 1. The Hall–Kier alpha value is -1.19. The molecule has 0 atom stereocenters. The zero-order chi connectivity index (χ0) is 13.0. The number of hydrogen-bond acceptors (Lipinski definition) is 2. The lowest BCUT2D eigenvalue weighted by Gasteiger charge is -2.10. The third-order valence-corrected chi connectivity index (χ3v) is 3.27. The van der Waals surface area contributed by atoms with Gasteiger partial charge in [-0.15, -0.1) is 0 Å². The number of methoxy groups -OCH3 is 1. The van der Waals surface area contributed by atoms with Crippen molar-refractivity contribution in [3.8, 4) is 17.2 Å². The fourth-order valence-electron chi connectivity index (χ4n) is 1.54. The molecule has 0 saturated heterocycles. The van der Waals surface area contributed by atoms with Crippen LogP contribution in [-0.2, 0) is 5.33 Å². The van der Waals surface area contributed by atoms with Crippen LogP contribution in [-0.4, -0.2) is 7.11 Å². The molecule has 0 radical (unpaired) electrons. The molecule has 2 nitrogen and oxygen atoms in total. The molecular weight excluding hydrogens is 316 g/mol. The van der Waals surface area contributed by atoms with Crippen LogP contribution < -0.4 is 9.47 Å². The highest BCUT2D eigenvalue weighted by Gasteiger charge is 2.05. The van der Waals surface area contributed by atoms with Crippen LogP contribution in [0.4, 0.5) is 0 Å². The van der Waals surface area contributed by atoms with Crippen LogP contribution in [0.15, 0.2) is 42.5 Å². The lowest BCUT2D eigenvalue weighted by molar-refractivity contribution is 0.409. The summed E-state index contributed by atoms with van der Waals surface area (Å²) in [6.45, 7) is 0. The first-order chi connectivity index (χ1) is 8.72. The highest BCUT2D eigenvalue weighted by Crippen LogP contribution is 2.30. The van der Waals surface area contributed by atoms with Crippen LogP contribution in [0.5, 0.6) is 17.2 Å². The second kappa shape index (κ2) is 6.12. The minimum atomic E-state index is 0.687. The second-order valence-corrected chi connectivity index (χ2v) is 4.66. The van der Waals surface area contributed by atoms with Crippen molar-refractivity contribution in [2.45, 2.75) is 5.33 Å². The Bertz CT molecular complexity index is 543. The molecular formula is C14H12BrClO2. The quantitative estimate of drug-likeness (QED) is 0.733. The molecule has 0 spiro atoms. The van der Waals surface area contributed by atoms with E-state index in [1.807, 2.05) is 42.5 Å². The fraction of sp³-hybridized carbons (Fsp3) is 0.143. The van der Waals surface area contributed by atoms with E-state index in [1.165, 1.54) is 0 Å². The molecule has 0 bridgehead atoms.